The minimum Gasteiger partial charge on any atom is -0.319 e. The predicted molar refractivity (Wildman–Crippen MR) is 123 cm³/mol. The second-order valence-corrected chi connectivity index (χ2v) is 11.6. The number of nitrogens with zero attached hydrogens (tertiary/aromatic N) is 4. The predicted octanol–water partition coefficient (Wildman–Crippen LogP) is 3.29. The van der Waals surface area contributed by atoms with Crippen molar-refractivity contribution in [2.24, 2.45) is 5.92 Å². The number of imidazole rings is 1. The summed E-state index contributed by atoms with van der Waals surface area (Å²) in [4.78, 5) is 17.4. The smallest absolute Gasteiger partial charge is 0.235 e. The summed E-state index contributed by atoms with van der Waals surface area (Å²) in [5.41, 5.74) is 2.73. The van der Waals surface area contributed by atoms with E-state index in [-0.39, 0.29) is 29.2 Å². The zero-order valence-electron chi connectivity index (χ0n) is 17.9. The van der Waals surface area contributed by atoms with Crippen molar-refractivity contribution in [2.75, 3.05) is 22.6 Å². The van der Waals surface area contributed by atoms with Crippen molar-refractivity contribution in [2.45, 2.75) is 44.9 Å². The van der Waals surface area contributed by atoms with E-state index in [4.69, 9.17) is 4.98 Å². The van der Waals surface area contributed by atoms with Crippen LogP contribution < -0.4 is 5.32 Å². The fraction of sp³-hybridized carbons (Fsp3) is 0.476. The van der Waals surface area contributed by atoms with E-state index < -0.39 is 9.84 Å². The molecular weight excluding hydrogens is 434 g/mol. The Hall–Kier alpha value is -2.33. The molecule has 0 bridgehead atoms. The van der Waals surface area contributed by atoms with Crippen molar-refractivity contribution < 1.29 is 13.2 Å². The van der Waals surface area contributed by atoms with Crippen molar-refractivity contribution in [3.63, 3.8) is 0 Å². The summed E-state index contributed by atoms with van der Waals surface area (Å²) in [5.74, 6) is 1.24. The molecule has 31 heavy (non-hydrogen) atoms. The highest BCUT2D eigenvalue weighted by Crippen LogP contribution is 2.28. The fourth-order valence-corrected chi connectivity index (χ4v) is 6.39. The van der Waals surface area contributed by atoms with Crippen molar-refractivity contribution in [1.29, 1.82) is 0 Å². The number of carbonyl (C=O) groups is 1. The Labute approximate surface area is 186 Å². The average Bonchev–Trinajstić information content (AvgIpc) is 3.35. The molecule has 0 saturated carbocycles. The van der Waals surface area contributed by atoms with E-state index in [0.717, 1.165) is 28.4 Å². The van der Waals surface area contributed by atoms with Gasteiger partial charge < -0.3 is 9.88 Å². The van der Waals surface area contributed by atoms with E-state index in [9.17, 15) is 13.2 Å². The van der Waals surface area contributed by atoms with Crippen LogP contribution in [-0.4, -0.2) is 50.9 Å². The first-order valence-electron chi connectivity index (χ1n) is 10.4. The van der Waals surface area contributed by atoms with Gasteiger partial charge in [0, 0.05) is 12.6 Å². The molecule has 0 spiro atoms. The third-order valence-corrected chi connectivity index (χ3v) is 7.91. The molecule has 3 aromatic rings. The number of amides is 1. The Kier molecular flexibility index (Phi) is 6.11. The van der Waals surface area contributed by atoms with Gasteiger partial charge in [0.15, 0.2) is 15.0 Å². The number of anilines is 1. The van der Waals surface area contributed by atoms with Crippen LogP contribution in [0.3, 0.4) is 0 Å². The first-order valence-corrected chi connectivity index (χ1v) is 13.2. The molecule has 1 atom stereocenters. The number of carbonyl (C=O) groups excluding carboxylic acids is 1. The quantitative estimate of drug-likeness (QED) is 0.542. The van der Waals surface area contributed by atoms with Crippen LogP contribution in [0.4, 0.5) is 5.82 Å². The maximum absolute atomic E-state index is 12.7. The van der Waals surface area contributed by atoms with Crippen LogP contribution in [0.5, 0.6) is 0 Å². The number of hydrogen-bond acceptors (Lipinski definition) is 6. The Morgan fingerprint density at radius 3 is 2.81 bits per heavy atom. The molecule has 1 aliphatic heterocycles. The van der Waals surface area contributed by atoms with Crippen molar-refractivity contribution in [1.82, 2.24) is 19.3 Å². The number of fused-ring (bicyclic) bond motifs is 1. The molecule has 4 rings (SSSR count). The molecule has 8 nitrogen and oxygen atoms in total. The lowest BCUT2D eigenvalue weighted by Crippen LogP contribution is -2.21. The Bertz CT molecular complexity index is 1210. The molecule has 1 amide bonds. The molecule has 1 N–H and O–H groups in total. The molecule has 1 aliphatic rings. The first-order chi connectivity index (χ1) is 14.7. The Morgan fingerprint density at radius 1 is 1.32 bits per heavy atom. The van der Waals surface area contributed by atoms with Crippen LogP contribution in [0.15, 0.2) is 35.5 Å². The SMILES string of the molecule is Cc1cc(NC(=O)CSc2nc3ccccc3n2CC(C)C)n(C2CCS(=O)(=O)C2)n1. The lowest BCUT2D eigenvalue weighted by molar-refractivity contribution is -0.113. The molecule has 1 fully saturated rings. The lowest BCUT2D eigenvalue weighted by Gasteiger charge is -2.14. The van der Waals surface area contributed by atoms with E-state index >= 15 is 0 Å². The summed E-state index contributed by atoms with van der Waals surface area (Å²) in [7, 11) is -3.04. The van der Waals surface area contributed by atoms with Gasteiger partial charge >= 0.3 is 0 Å². The number of aryl methyl sites for hydroxylation is 1. The summed E-state index contributed by atoms with van der Waals surface area (Å²) in [6.07, 6.45) is 0.514. The van der Waals surface area contributed by atoms with Crippen molar-refractivity contribution >= 4 is 44.4 Å². The number of thioether (sulfide) groups is 1. The highest BCUT2D eigenvalue weighted by Gasteiger charge is 2.31. The van der Waals surface area contributed by atoms with E-state index in [2.05, 4.69) is 28.8 Å². The Balaban J connectivity index is 1.47. The van der Waals surface area contributed by atoms with Gasteiger partial charge in [-0.3, -0.25) is 4.79 Å². The van der Waals surface area contributed by atoms with Gasteiger partial charge in [-0.1, -0.05) is 37.7 Å². The highest BCUT2D eigenvalue weighted by atomic mass is 32.2. The number of hydrogen-bond donors (Lipinski definition) is 1. The number of benzene rings is 1. The van der Waals surface area contributed by atoms with Gasteiger partial charge in [0.1, 0.15) is 5.82 Å². The zero-order valence-corrected chi connectivity index (χ0v) is 19.5. The highest BCUT2D eigenvalue weighted by molar-refractivity contribution is 7.99. The number of nitrogens with one attached hydrogen (secondary N) is 1. The minimum atomic E-state index is -3.04. The van der Waals surface area contributed by atoms with Crippen molar-refractivity contribution in [3.05, 3.63) is 36.0 Å². The van der Waals surface area contributed by atoms with E-state index in [1.807, 2.05) is 31.2 Å². The fourth-order valence-electron chi connectivity index (χ4n) is 3.87. The van der Waals surface area contributed by atoms with Gasteiger partial charge in [-0.25, -0.2) is 18.1 Å². The van der Waals surface area contributed by atoms with Gasteiger partial charge in [-0.15, -0.1) is 0 Å². The van der Waals surface area contributed by atoms with Crippen LogP contribution in [0.25, 0.3) is 11.0 Å². The summed E-state index contributed by atoms with van der Waals surface area (Å²) >= 11 is 1.40. The van der Waals surface area contributed by atoms with E-state index in [1.165, 1.54) is 11.8 Å². The largest absolute Gasteiger partial charge is 0.319 e. The molecule has 2 aromatic heterocycles. The molecule has 1 aromatic carbocycles. The minimum absolute atomic E-state index is 0.0605. The van der Waals surface area contributed by atoms with Gasteiger partial charge in [-0.2, -0.15) is 5.10 Å². The number of aromatic nitrogens is 4. The maximum atomic E-state index is 12.7. The van der Waals surface area contributed by atoms with Gasteiger partial charge in [-0.05, 0) is 31.4 Å². The van der Waals surface area contributed by atoms with Crippen LogP contribution >= 0.6 is 11.8 Å². The van der Waals surface area contributed by atoms with Crippen LogP contribution in [0.2, 0.25) is 0 Å². The first kappa shape index (κ1) is 21.9. The molecular formula is C21H27N5O3S2. The molecule has 166 valence electrons. The van der Waals surface area contributed by atoms with Gasteiger partial charge in [0.2, 0.25) is 5.91 Å². The molecule has 3 heterocycles. The van der Waals surface area contributed by atoms with Gasteiger partial charge in [0.05, 0.1) is 40.0 Å². The summed E-state index contributed by atoms with van der Waals surface area (Å²) < 4.78 is 27.5. The number of sulfone groups is 1. The summed E-state index contributed by atoms with van der Waals surface area (Å²) in [6.45, 7) is 6.97. The average molecular weight is 462 g/mol. The van der Waals surface area contributed by atoms with Gasteiger partial charge in [0.25, 0.3) is 0 Å². The number of rotatable bonds is 7. The molecule has 1 unspecified atom stereocenters. The normalized spacial score (nSPS) is 18.1. The van der Waals surface area contributed by atoms with Crippen LogP contribution in [-0.2, 0) is 21.2 Å². The Morgan fingerprint density at radius 2 is 2.10 bits per heavy atom. The van der Waals surface area contributed by atoms with Crippen LogP contribution in [0.1, 0.15) is 32.0 Å². The monoisotopic (exact) mass is 461 g/mol. The second-order valence-electron chi connectivity index (χ2n) is 8.40. The molecule has 10 heteroatoms. The maximum Gasteiger partial charge on any atom is 0.235 e. The third kappa shape index (κ3) is 4.95. The summed E-state index contributed by atoms with van der Waals surface area (Å²) in [5, 5.41) is 8.14. The van der Waals surface area contributed by atoms with Crippen molar-refractivity contribution in [3.8, 4) is 0 Å². The number of para-hydroxylation sites is 2. The molecule has 0 aliphatic carbocycles. The standard InChI is InChI=1S/C21H27N5O3S2/c1-14(2)11-25-18-7-5-4-6-17(18)22-21(25)30-12-20(27)23-19-10-15(3)24-26(19)16-8-9-31(28,29)13-16/h4-7,10,14,16H,8-9,11-13H2,1-3H3,(H,23,27). The molecule has 1 saturated heterocycles. The second kappa shape index (κ2) is 8.66. The zero-order chi connectivity index (χ0) is 22.2. The van der Waals surface area contributed by atoms with Crippen LogP contribution in [0, 0.1) is 12.8 Å². The van der Waals surface area contributed by atoms with E-state index in [0.29, 0.717) is 18.2 Å². The molecule has 0 radical (unpaired) electrons. The topological polar surface area (TPSA) is 98.9 Å². The summed E-state index contributed by atoms with van der Waals surface area (Å²) in [6, 6.07) is 9.52. The lowest BCUT2D eigenvalue weighted by atomic mass is 10.2. The van der Waals surface area contributed by atoms with E-state index in [1.54, 1.807) is 10.7 Å². The third-order valence-electron chi connectivity index (χ3n) is 5.18.